The predicted molar refractivity (Wildman–Crippen MR) is 98.6 cm³/mol. The van der Waals surface area contributed by atoms with Crippen molar-refractivity contribution in [2.75, 3.05) is 20.2 Å². The molecule has 0 spiro atoms. The third kappa shape index (κ3) is 3.80. The molecule has 0 radical (unpaired) electrons. The number of aryl methyl sites for hydroxylation is 1. The van der Waals surface area contributed by atoms with Crippen LogP contribution in [0.1, 0.15) is 33.1 Å². The molecule has 1 aliphatic rings. The minimum Gasteiger partial charge on any atom is -0.465 e. The van der Waals surface area contributed by atoms with E-state index >= 15 is 0 Å². The van der Waals surface area contributed by atoms with Crippen molar-refractivity contribution in [2.45, 2.75) is 24.3 Å². The smallest absolute Gasteiger partial charge is 0.339 e. The second kappa shape index (κ2) is 7.57. The SMILES string of the molecule is COC(=O)c1cc(C)ccc1S(=O)(=O)NCC1NCCc2ccccc21. The van der Waals surface area contributed by atoms with Gasteiger partial charge in [0.05, 0.1) is 17.6 Å². The van der Waals surface area contributed by atoms with E-state index in [1.807, 2.05) is 18.2 Å². The summed E-state index contributed by atoms with van der Waals surface area (Å²) in [6, 6.07) is 12.5. The Kier molecular flexibility index (Phi) is 5.41. The summed E-state index contributed by atoms with van der Waals surface area (Å²) in [7, 11) is -2.62. The molecule has 138 valence electrons. The lowest BCUT2D eigenvalue weighted by molar-refractivity contribution is 0.0596. The summed E-state index contributed by atoms with van der Waals surface area (Å²) in [6.45, 7) is 2.79. The van der Waals surface area contributed by atoms with E-state index in [0.29, 0.717) is 0 Å². The molecule has 1 aliphatic heterocycles. The summed E-state index contributed by atoms with van der Waals surface area (Å²) >= 11 is 0. The monoisotopic (exact) mass is 374 g/mol. The molecule has 1 heterocycles. The van der Waals surface area contributed by atoms with E-state index < -0.39 is 16.0 Å². The van der Waals surface area contributed by atoms with Crippen LogP contribution < -0.4 is 10.0 Å². The van der Waals surface area contributed by atoms with Crippen molar-refractivity contribution in [3.05, 3.63) is 64.7 Å². The number of nitrogens with one attached hydrogen (secondary N) is 2. The summed E-state index contributed by atoms with van der Waals surface area (Å²) in [5, 5.41) is 3.34. The Labute approximate surface area is 153 Å². The maximum Gasteiger partial charge on any atom is 0.339 e. The molecule has 1 atom stereocenters. The van der Waals surface area contributed by atoms with Gasteiger partial charge in [-0.2, -0.15) is 0 Å². The van der Waals surface area contributed by atoms with Crippen LogP contribution in [0.4, 0.5) is 0 Å². The van der Waals surface area contributed by atoms with Gasteiger partial charge < -0.3 is 10.1 Å². The van der Waals surface area contributed by atoms with Gasteiger partial charge in [-0.15, -0.1) is 0 Å². The largest absolute Gasteiger partial charge is 0.465 e. The zero-order valence-corrected chi connectivity index (χ0v) is 15.6. The van der Waals surface area contributed by atoms with Gasteiger partial charge >= 0.3 is 5.97 Å². The van der Waals surface area contributed by atoms with Gasteiger partial charge in [0.1, 0.15) is 0 Å². The molecular formula is C19H22N2O4S. The summed E-state index contributed by atoms with van der Waals surface area (Å²) in [4.78, 5) is 11.9. The van der Waals surface area contributed by atoms with E-state index in [1.165, 1.54) is 24.8 Å². The molecule has 0 bridgehead atoms. The van der Waals surface area contributed by atoms with Gasteiger partial charge in [0, 0.05) is 12.6 Å². The van der Waals surface area contributed by atoms with E-state index in [1.54, 1.807) is 13.0 Å². The first kappa shape index (κ1) is 18.6. The zero-order valence-electron chi connectivity index (χ0n) is 14.8. The fourth-order valence-electron chi connectivity index (χ4n) is 3.19. The molecule has 0 fully saturated rings. The molecule has 0 saturated heterocycles. The molecule has 26 heavy (non-hydrogen) atoms. The quantitative estimate of drug-likeness (QED) is 0.782. The number of hydrogen-bond donors (Lipinski definition) is 2. The van der Waals surface area contributed by atoms with E-state index in [4.69, 9.17) is 4.74 Å². The van der Waals surface area contributed by atoms with Gasteiger partial charge in [0.2, 0.25) is 10.0 Å². The first-order chi connectivity index (χ1) is 12.4. The number of carbonyl (C=O) groups excluding carboxylic acids is 1. The van der Waals surface area contributed by atoms with Crippen LogP contribution in [0.2, 0.25) is 0 Å². The Hall–Kier alpha value is -2.22. The highest BCUT2D eigenvalue weighted by Gasteiger charge is 2.26. The molecule has 2 N–H and O–H groups in total. The van der Waals surface area contributed by atoms with Crippen LogP contribution in [-0.2, 0) is 21.2 Å². The second-order valence-corrected chi connectivity index (χ2v) is 8.03. The van der Waals surface area contributed by atoms with Gasteiger partial charge in [-0.1, -0.05) is 35.9 Å². The van der Waals surface area contributed by atoms with Crippen molar-refractivity contribution in [2.24, 2.45) is 0 Å². The first-order valence-corrected chi connectivity index (χ1v) is 9.90. The first-order valence-electron chi connectivity index (χ1n) is 8.42. The maximum absolute atomic E-state index is 12.8. The summed E-state index contributed by atoms with van der Waals surface area (Å²) < 4.78 is 32.9. The van der Waals surface area contributed by atoms with Crippen molar-refractivity contribution in [3.63, 3.8) is 0 Å². The molecular weight excluding hydrogens is 352 g/mol. The van der Waals surface area contributed by atoms with E-state index in [9.17, 15) is 13.2 Å². The number of sulfonamides is 1. The van der Waals surface area contributed by atoms with E-state index in [0.717, 1.165) is 24.1 Å². The minimum atomic E-state index is -3.86. The van der Waals surface area contributed by atoms with Crippen LogP contribution >= 0.6 is 0 Å². The van der Waals surface area contributed by atoms with Crippen LogP contribution in [-0.4, -0.2) is 34.6 Å². The lowest BCUT2D eigenvalue weighted by atomic mass is 9.95. The molecule has 0 saturated carbocycles. The fraction of sp³-hybridized carbons (Fsp3) is 0.316. The van der Waals surface area contributed by atoms with Crippen LogP contribution in [0, 0.1) is 6.92 Å². The van der Waals surface area contributed by atoms with E-state index in [-0.39, 0.29) is 23.0 Å². The van der Waals surface area contributed by atoms with Gasteiger partial charge in [0.15, 0.2) is 0 Å². The van der Waals surface area contributed by atoms with Gasteiger partial charge in [-0.05, 0) is 43.1 Å². The molecule has 7 heteroatoms. The van der Waals surface area contributed by atoms with Crippen LogP contribution in [0.5, 0.6) is 0 Å². The topological polar surface area (TPSA) is 84.5 Å². The van der Waals surface area contributed by atoms with Crippen molar-refractivity contribution in [1.82, 2.24) is 10.0 Å². The van der Waals surface area contributed by atoms with Gasteiger partial charge in [-0.25, -0.2) is 17.9 Å². The van der Waals surface area contributed by atoms with E-state index in [2.05, 4.69) is 16.1 Å². The molecule has 0 aromatic heterocycles. The maximum atomic E-state index is 12.8. The number of benzene rings is 2. The molecule has 1 unspecified atom stereocenters. The molecule has 6 nitrogen and oxygen atoms in total. The third-order valence-corrected chi connectivity index (χ3v) is 6.00. The second-order valence-electron chi connectivity index (χ2n) is 6.30. The predicted octanol–water partition coefficient (Wildman–Crippen LogP) is 1.95. The Balaban J connectivity index is 1.84. The lowest BCUT2D eigenvalue weighted by Gasteiger charge is -2.27. The Morgan fingerprint density at radius 2 is 2.04 bits per heavy atom. The minimum absolute atomic E-state index is 0.0389. The van der Waals surface area contributed by atoms with Crippen molar-refractivity contribution < 1.29 is 17.9 Å². The van der Waals surface area contributed by atoms with Crippen LogP contribution in [0.25, 0.3) is 0 Å². The molecule has 3 rings (SSSR count). The molecule has 0 amide bonds. The number of methoxy groups -OCH3 is 1. The number of ether oxygens (including phenoxy) is 1. The van der Waals surface area contributed by atoms with Crippen molar-refractivity contribution in [1.29, 1.82) is 0 Å². The Morgan fingerprint density at radius 3 is 2.81 bits per heavy atom. The Bertz CT molecular complexity index is 925. The number of rotatable bonds is 5. The highest BCUT2D eigenvalue weighted by atomic mass is 32.2. The normalized spacial score (nSPS) is 16.8. The average molecular weight is 374 g/mol. The number of fused-ring (bicyclic) bond motifs is 1. The number of esters is 1. The highest BCUT2D eigenvalue weighted by molar-refractivity contribution is 7.89. The molecule has 2 aromatic carbocycles. The van der Waals surface area contributed by atoms with Crippen LogP contribution in [0.15, 0.2) is 47.4 Å². The molecule has 2 aromatic rings. The van der Waals surface area contributed by atoms with Gasteiger partial charge in [0.25, 0.3) is 0 Å². The van der Waals surface area contributed by atoms with Gasteiger partial charge in [-0.3, -0.25) is 0 Å². The lowest BCUT2D eigenvalue weighted by Crippen LogP contribution is -2.39. The fourth-order valence-corrected chi connectivity index (χ4v) is 4.41. The standard InChI is InChI=1S/C19H22N2O4S/c1-13-7-8-18(16(11-13)19(22)25-2)26(23,24)21-12-17-15-6-4-3-5-14(15)9-10-20-17/h3-8,11,17,20-21H,9-10,12H2,1-2H3. The zero-order chi connectivity index (χ0) is 18.7. The number of hydrogen-bond acceptors (Lipinski definition) is 5. The van der Waals surface area contributed by atoms with Crippen LogP contribution in [0.3, 0.4) is 0 Å². The molecule has 0 aliphatic carbocycles. The van der Waals surface area contributed by atoms with Crippen molar-refractivity contribution >= 4 is 16.0 Å². The average Bonchev–Trinajstić information content (AvgIpc) is 2.65. The third-order valence-electron chi connectivity index (χ3n) is 4.52. The summed E-state index contributed by atoms with van der Waals surface area (Å²) in [5.41, 5.74) is 3.14. The Morgan fingerprint density at radius 1 is 1.27 bits per heavy atom. The highest BCUT2D eigenvalue weighted by Crippen LogP contribution is 2.23. The summed E-state index contributed by atoms with van der Waals surface area (Å²) in [6.07, 6.45) is 0.921. The number of carbonyl (C=O) groups is 1. The summed E-state index contributed by atoms with van der Waals surface area (Å²) in [5.74, 6) is -0.671. The van der Waals surface area contributed by atoms with Crippen molar-refractivity contribution in [3.8, 4) is 0 Å².